The van der Waals surface area contributed by atoms with Crippen molar-refractivity contribution >= 4 is 16.8 Å². The fourth-order valence-corrected chi connectivity index (χ4v) is 3.51. The van der Waals surface area contributed by atoms with Crippen LogP contribution in [0.4, 0.5) is 0 Å². The lowest BCUT2D eigenvalue weighted by atomic mass is 10.1. The third-order valence-electron chi connectivity index (χ3n) is 4.55. The van der Waals surface area contributed by atoms with Crippen LogP contribution in [0.2, 0.25) is 0 Å². The van der Waals surface area contributed by atoms with Gasteiger partial charge in [0.1, 0.15) is 18.4 Å². The van der Waals surface area contributed by atoms with E-state index in [2.05, 4.69) is 18.7 Å². The summed E-state index contributed by atoms with van der Waals surface area (Å²) in [5, 5.41) is 1.04. The molecular weight excluding hydrogens is 302 g/mol. The lowest BCUT2D eigenvalue weighted by molar-refractivity contribution is -0.118. The Bertz CT molecular complexity index is 700. The molecule has 0 aliphatic carbocycles. The van der Waals surface area contributed by atoms with Gasteiger partial charge in [-0.15, -0.1) is 0 Å². The van der Waals surface area contributed by atoms with Crippen LogP contribution in [-0.2, 0) is 11.3 Å². The van der Waals surface area contributed by atoms with Crippen LogP contribution in [0.3, 0.4) is 0 Å². The number of aromatic nitrogens is 1. The third kappa shape index (κ3) is 3.90. The highest BCUT2D eigenvalue weighted by molar-refractivity contribution is 5.87. The summed E-state index contributed by atoms with van der Waals surface area (Å²) in [5.41, 5.74) is 6.30. The first kappa shape index (κ1) is 16.8. The fourth-order valence-electron chi connectivity index (χ4n) is 3.51. The fraction of sp³-hybridized carbons (Fsp3) is 0.526. The van der Waals surface area contributed by atoms with Crippen molar-refractivity contribution < 1.29 is 9.53 Å². The molecule has 1 aromatic carbocycles. The molecule has 0 bridgehead atoms. The predicted octanol–water partition coefficient (Wildman–Crippen LogP) is 2.63. The number of piperidine rings is 1. The van der Waals surface area contributed by atoms with Gasteiger partial charge in [0.25, 0.3) is 0 Å². The maximum absolute atomic E-state index is 11.2. The Labute approximate surface area is 143 Å². The summed E-state index contributed by atoms with van der Waals surface area (Å²) in [6, 6.07) is 7.98. The van der Waals surface area contributed by atoms with Crippen LogP contribution in [0.5, 0.6) is 5.75 Å². The molecule has 1 aliphatic rings. The Morgan fingerprint density at radius 2 is 2.04 bits per heavy atom. The SMILES string of the molecule is CC(C)CN1CCC(Oc2cccc3c2ccn3CC(N)=O)CC1. The van der Waals surface area contributed by atoms with Crippen LogP contribution >= 0.6 is 0 Å². The number of hydrogen-bond donors (Lipinski definition) is 1. The van der Waals surface area contributed by atoms with E-state index >= 15 is 0 Å². The summed E-state index contributed by atoms with van der Waals surface area (Å²) in [6.45, 7) is 8.09. The summed E-state index contributed by atoms with van der Waals surface area (Å²) in [6.07, 6.45) is 4.28. The van der Waals surface area contributed by atoms with Gasteiger partial charge in [-0.05, 0) is 37.0 Å². The second-order valence-electron chi connectivity index (χ2n) is 7.11. The Hall–Kier alpha value is -2.01. The Balaban J connectivity index is 1.68. The molecule has 5 heteroatoms. The van der Waals surface area contributed by atoms with Crippen molar-refractivity contribution in [1.29, 1.82) is 0 Å². The molecule has 1 fully saturated rings. The molecule has 0 unspecified atom stereocenters. The number of carbonyl (C=O) groups is 1. The number of ether oxygens (including phenoxy) is 1. The van der Waals surface area contributed by atoms with Crippen LogP contribution in [0.1, 0.15) is 26.7 Å². The maximum Gasteiger partial charge on any atom is 0.237 e. The zero-order valence-corrected chi connectivity index (χ0v) is 14.6. The molecule has 0 radical (unpaired) electrons. The van der Waals surface area contributed by atoms with E-state index in [0.29, 0.717) is 5.92 Å². The molecule has 1 aromatic heterocycles. The van der Waals surface area contributed by atoms with E-state index in [4.69, 9.17) is 10.5 Å². The summed E-state index contributed by atoms with van der Waals surface area (Å²) in [4.78, 5) is 13.7. The van der Waals surface area contributed by atoms with Crippen molar-refractivity contribution in [2.24, 2.45) is 11.7 Å². The zero-order chi connectivity index (χ0) is 17.1. The van der Waals surface area contributed by atoms with Crippen LogP contribution < -0.4 is 10.5 Å². The minimum atomic E-state index is -0.337. The van der Waals surface area contributed by atoms with E-state index in [-0.39, 0.29) is 18.6 Å². The average molecular weight is 329 g/mol. The molecule has 2 N–H and O–H groups in total. The van der Waals surface area contributed by atoms with Crippen LogP contribution in [0.15, 0.2) is 30.5 Å². The molecule has 2 aromatic rings. The number of primary amides is 1. The minimum absolute atomic E-state index is 0.195. The van der Waals surface area contributed by atoms with Gasteiger partial charge in [0.2, 0.25) is 5.91 Å². The minimum Gasteiger partial charge on any atom is -0.490 e. The lowest BCUT2D eigenvalue weighted by Gasteiger charge is -2.33. The van der Waals surface area contributed by atoms with E-state index in [1.54, 1.807) is 0 Å². The molecule has 0 spiro atoms. The number of carbonyl (C=O) groups excluding carboxylic acids is 1. The Kier molecular flexibility index (Phi) is 5.09. The summed E-state index contributed by atoms with van der Waals surface area (Å²) < 4.78 is 8.15. The molecule has 0 atom stereocenters. The third-order valence-corrected chi connectivity index (χ3v) is 4.55. The van der Waals surface area contributed by atoms with Crippen molar-refractivity contribution in [3.63, 3.8) is 0 Å². The van der Waals surface area contributed by atoms with Gasteiger partial charge in [0.15, 0.2) is 0 Å². The van der Waals surface area contributed by atoms with Crippen LogP contribution in [0, 0.1) is 5.92 Å². The highest BCUT2D eigenvalue weighted by atomic mass is 16.5. The second kappa shape index (κ2) is 7.26. The van der Waals surface area contributed by atoms with Gasteiger partial charge in [0, 0.05) is 31.2 Å². The molecule has 24 heavy (non-hydrogen) atoms. The number of nitrogens with zero attached hydrogens (tertiary/aromatic N) is 2. The highest BCUT2D eigenvalue weighted by Gasteiger charge is 2.21. The molecule has 2 heterocycles. The first-order valence-electron chi connectivity index (χ1n) is 8.78. The summed E-state index contributed by atoms with van der Waals surface area (Å²) in [5.74, 6) is 1.27. The average Bonchev–Trinajstić information content (AvgIpc) is 2.92. The maximum atomic E-state index is 11.2. The number of rotatable bonds is 6. The molecule has 0 saturated carbocycles. The topological polar surface area (TPSA) is 60.5 Å². The molecule has 5 nitrogen and oxygen atoms in total. The van der Waals surface area contributed by atoms with Crippen LogP contribution in [0.25, 0.3) is 10.9 Å². The standard InChI is InChI=1S/C19H27N3O2/c1-14(2)12-21-9-6-15(7-10-21)24-18-5-3-4-17-16(18)8-11-22(17)13-19(20)23/h3-5,8,11,14-15H,6-7,9-10,12-13H2,1-2H3,(H2,20,23). The number of fused-ring (bicyclic) bond motifs is 1. The molecule has 1 aliphatic heterocycles. The first-order chi connectivity index (χ1) is 11.5. The van der Waals surface area contributed by atoms with Gasteiger partial charge < -0.3 is 19.9 Å². The molecular formula is C19H27N3O2. The van der Waals surface area contributed by atoms with Crippen LogP contribution in [-0.4, -0.2) is 41.1 Å². The van der Waals surface area contributed by atoms with Gasteiger partial charge >= 0.3 is 0 Å². The highest BCUT2D eigenvalue weighted by Crippen LogP contribution is 2.29. The van der Waals surface area contributed by atoms with Crippen molar-refractivity contribution in [2.75, 3.05) is 19.6 Å². The normalized spacial score (nSPS) is 16.8. The van der Waals surface area contributed by atoms with E-state index in [0.717, 1.165) is 49.1 Å². The largest absolute Gasteiger partial charge is 0.490 e. The zero-order valence-electron chi connectivity index (χ0n) is 14.6. The first-order valence-corrected chi connectivity index (χ1v) is 8.78. The van der Waals surface area contributed by atoms with Gasteiger partial charge in [-0.2, -0.15) is 0 Å². The van der Waals surface area contributed by atoms with Gasteiger partial charge in [-0.1, -0.05) is 19.9 Å². The van der Waals surface area contributed by atoms with E-state index in [9.17, 15) is 4.79 Å². The number of benzene rings is 1. The van der Waals surface area contributed by atoms with E-state index in [1.165, 1.54) is 0 Å². The van der Waals surface area contributed by atoms with Gasteiger partial charge in [0.05, 0.1) is 5.52 Å². The van der Waals surface area contributed by atoms with E-state index in [1.807, 2.05) is 35.0 Å². The summed E-state index contributed by atoms with van der Waals surface area (Å²) >= 11 is 0. The molecule has 130 valence electrons. The summed E-state index contributed by atoms with van der Waals surface area (Å²) in [7, 11) is 0. The predicted molar refractivity (Wildman–Crippen MR) is 96.1 cm³/mol. The number of nitrogens with two attached hydrogens (primary N) is 1. The van der Waals surface area contributed by atoms with Crippen molar-refractivity contribution in [3.8, 4) is 5.75 Å². The number of likely N-dealkylation sites (tertiary alicyclic amines) is 1. The molecule has 1 saturated heterocycles. The van der Waals surface area contributed by atoms with Gasteiger partial charge in [-0.25, -0.2) is 0 Å². The Morgan fingerprint density at radius 1 is 1.29 bits per heavy atom. The van der Waals surface area contributed by atoms with E-state index < -0.39 is 0 Å². The molecule has 3 rings (SSSR count). The lowest BCUT2D eigenvalue weighted by Crippen LogP contribution is -2.39. The Morgan fingerprint density at radius 3 is 2.71 bits per heavy atom. The number of amides is 1. The monoisotopic (exact) mass is 329 g/mol. The van der Waals surface area contributed by atoms with Crippen molar-refractivity contribution in [1.82, 2.24) is 9.47 Å². The number of hydrogen-bond acceptors (Lipinski definition) is 3. The second-order valence-corrected chi connectivity index (χ2v) is 7.11. The smallest absolute Gasteiger partial charge is 0.237 e. The van der Waals surface area contributed by atoms with Crippen molar-refractivity contribution in [2.45, 2.75) is 39.3 Å². The quantitative estimate of drug-likeness (QED) is 0.886. The van der Waals surface area contributed by atoms with Crippen molar-refractivity contribution in [3.05, 3.63) is 30.5 Å². The molecule has 1 amide bonds. The van der Waals surface area contributed by atoms with Gasteiger partial charge in [-0.3, -0.25) is 4.79 Å².